The van der Waals surface area contributed by atoms with Crippen LogP contribution in [0.25, 0.3) is 0 Å². The quantitative estimate of drug-likeness (QED) is 0.653. The molecule has 160 valence electrons. The number of carbonyl (C=O) groups excluding carboxylic acids is 2. The number of esters is 1. The van der Waals surface area contributed by atoms with Gasteiger partial charge in [-0.15, -0.1) is 0 Å². The van der Waals surface area contributed by atoms with Gasteiger partial charge in [-0.3, -0.25) is 9.59 Å². The number of rotatable bonds is 5. The van der Waals surface area contributed by atoms with E-state index >= 15 is 0 Å². The Kier molecular flexibility index (Phi) is 7.19. The zero-order chi connectivity index (χ0) is 21.0. The Hall–Kier alpha value is -1.64. The normalized spacial score (nSPS) is 19.9. The van der Waals surface area contributed by atoms with Crippen molar-refractivity contribution in [1.82, 2.24) is 9.21 Å². The first-order chi connectivity index (χ1) is 13.8. The number of carbonyl (C=O) groups is 2. The molecule has 0 aliphatic carbocycles. The van der Waals surface area contributed by atoms with E-state index in [1.807, 2.05) is 4.90 Å². The van der Waals surface area contributed by atoms with E-state index in [1.165, 1.54) is 11.4 Å². The number of hydrogen-bond donors (Lipinski definition) is 0. The number of methoxy groups -OCH3 is 1. The summed E-state index contributed by atoms with van der Waals surface area (Å²) in [5.74, 6) is -0.501. The Morgan fingerprint density at radius 2 is 1.55 bits per heavy atom. The number of hydrogen-bond acceptors (Lipinski definition) is 5. The van der Waals surface area contributed by atoms with E-state index in [-0.39, 0.29) is 29.5 Å². The molecule has 2 aliphatic heterocycles. The van der Waals surface area contributed by atoms with Crippen LogP contribution in [0.4, 0.5) is 0 Å². The monoisotopic (exact) mass is 442 g/mol. The van der Waals surface area contributed by atoms with Crippen LogP contribution in [0.1, 0.15) is 31.2 Å². The number of sulfonamides is 1. The molecular formula is C20H27ClN2O5S. The third-order valence-electron chi connectivity index (χ3n) is 5.80. The lowest BCUT2D eigenvalue weighted by atomic mass is 9.92. The summed E-state index contributed by atoms with van der Waals surface area (Å²) in [6.07, 6.45) is 2.28. The molecule has 2 saturated heterocycles. The van der Waals surface area contributed by atoms with Crippen molar-refractivity contribution in [3.63, 3.8) is 0 Å². The molecule has 0 unspecified atom stereocenters. The second-order valence-corrected chi connectivity index (χ2v) is 10.1. The number of piperidine rings is 2. The van der Waals surface area contributed by atoms with Crippen molar-refractivity contribution < 1.29 is 22.7 Å². The summed E-state index contributed by atoms with van der Waals surface area (Å²) >= 11 is 5.85. The highest BCUT2D eigenvalue weighted by atomic mass is 35.5. The van der Waals surface area contributed by atoms with Crippen LogP contribution in [0, 0.1) is 11.8 Å². The van der Waals surface area contributed by atoms with Gasteiger partial charge in [-0.2, -0.15) is 0 Å². The van der Waals surface area contributed by atoms with Crippen molar-refractivity contribution in [2.45, 2.75) is 31.4 Å². The third kappa shape index (κ3) is 5.49. The number of benzene rings is 1. The van der Waals surface area contributed by atoms with Gasteiger partial charge >= 0.3 is 5.97 Å². The number of ether oxygens (including phenoxy) is 1. The average Bonchev–Trinajstić information content (AvgIpc) is 2.74. The smallest absolute Gasteiger partial charge is 0.308 e. The standard InChI is InChI=1S/C20H27ClN2O5S/c1-28-20(25)17-6-10-22(11-7-17)19(24)16-8-12-23(13-9-16)29(26,27)14-15-2-4-18(21)5-3-15/h2-5,16-17H,6-14H2,1H3. The van der Waals surface area contributed by atoms with Gasteiger partial charge in [0.25, 0.3) is 0 Å². The highest BCUT2D eigenvalue weighted by molar-refractivity contribution is 7.88. The molecule has 3 rings (SSSR count). The minimum Gasteiger partial charge on any atom is -0.469 e. The maximum Gasteiger partial charge on any atom is 0.308 e. The van der Waals surface area contributed by atoms with Crippen molar-refractivity contribution in [1.29, 1.82) is 0 Å². The molecule has 0 bridgehead atoms. The van der Waals surface area contributed by atoms with Gasteiger partial charge in [0.1, 0.15) is 0 Å². The van der Waals surface area contributed by atoms with Gasteiger partial charge in [0, 0.05) is 37.1 Å². The van der Waals surface area contributed by atoms with Crippen molar-refractivity contribution >= 4 is 33.5 Å². The maximum absolute atomic E-state index is 12.8. The largest absolute Gasteiger partial charge is 0.469 e. The minimum absolute atomic E-state index is 0.0657. The van der Waals surface area contributed by atoms with Crippen LogP contribution in [-0.2, 0) is 30.1 Å². The molecule has 2 heterocycles. The summed E-state index contributed by atoms with van der Waals surface area (Å²) in [6.45, 7) is 1.80. The van der Waals surface area contributed by atoms with E-state index in [0.29, 0.717) is 62.4 Å². The zero-order valence-corrected chi connectivity index (χ0v) is 18.1. The second-order valence-electron chi connectivity index (χ2n) is 7.68. The van der Waals surface area contributed by atoms with Crippen LogP contribution < -0.4 is 0 Å². The van der Waals surface area contributed by atoms with Crippen LogP contribution in [-0.4, -0.2) is 62.8 Å². The fourth-order valence-electron chi connectivity index (χ4n) is 4.02. The van der Waals surface area contributed by atoms with E-state index in [1.54, 1.807) is 24.3 Å². The topological polar surface area (TPSA) is 84.0 Å². The van der Waals surface area contributed by atoms with Crippen LogP contribution in [0.5, 0.6) is 0 Å². The fraction of sp³-hybridized carbons (Fsp3) is 0.600. The number of halogens is 1. The van der Waals surface area contributed by atoms with E-state index in [0.717, 1.165) is 0 Å². The van der Waals surface area contributed by atoms with Crippen molar-refractivity contribution in [2.75, 3.05) is 33.3 Å². The van der Waals surface area contributed by atoms with Crippen molar-refractivity contribution in [3.05, 3.63) is 34.9 Å². The first-order valence-electron chi connectivity index (χ1n) is 9.89. The zero-order valence-electron chi connectivity index (χ0n) is 16.5. The van der Waals surface area contributed by atoms with E-state index < -0.39 is 10.0 Å². The van der Waals surface area contributed by atoms with Crippen LogP contribution in [0.15, 0.2) is 24.3 Å². The van der Waals surface area contributed by atoms with E-state index in [9.17, 15) is 18.0 Å². The predicted molar refractivity (Wildman–Crippen MR) is 110 cm³/mol. The average molecular weight is 443 g/mol. The Bertz CT molecular complexity index is 827. The fourth-order valence-corrected chi connectivity index (χ4v) is 5.71. The molecule has 9 heteroatoms. The summed E-state index contributed by atoms with van der Waals surface area (Å²) in [7, 11) is -2.05. The minimum atomic E-state index is -3.43. The van der Waals surface area contributed by atoms with Crippen molar-refractivity contribution in [2.24, 2.45) is 11.8 Å². The summed E-state index contributed by atoms with van der Waals surface area (Å²) < 4.78 is 31.7. The molecule has 0 N–H and O–H groups in total. The van der Waals surface area contributed by atoms with Crippen LogP contribution in [0.2, 0.25) is 5.02 Å². The Morgan fingerprint density at radius 1 is 1.00 bits per heavy atom. The molecule has 0 atom stereocenters. The highest BCUT2D eigenvalue weighted by Gasteiger charge is 2.35. The van der Waals surface area contributed by atoms with Gasteiger partial charge in [-0.05, 0) is 43.4 Å². The van der Waals surface area contributed by atoms with E-state index in [2.05, 4.69) is 0 Å². The first kappa shape index (κ1) is 22.1. The number of nitrogens with zero attached hydrogens (tertiary/aromatic N) is 2. The Morgan fingerprint density at radius 3 is 2.10 bits per heavy atom. The third-order valence-corrected chi connectivity index (χ3v) is 7.90. The molecule has 0 spiro atoms. The molecule has 1 aromatic rings. The molecule has 29 heavy (non-hydrogen) atoms. The summed E-state index contributed by atoms with van der Waals surface area (Å²) in [4.78, 5) is 26.2. The molecule has 2 fully saturated rings. The van der Waals surface area contributed by atoms with Gasteiger partial charge in [0.2, 0.25) is 15.9 Å². The second kappa shape index (κ2) is 9.45. The predicted octanol–water partition coefficient (Wildman–Crippen LogP) is 2.29. The van der Waals surface area contributed by atoms with Crippen molar-refractivity contribution in [3.8, 4) is 0 Å². The highest BCUT2D eigenvalue weighted by Crippen LogP contribution is 2.26. The first-order valence-corrected chi connectivity index (χ1v) is 11.9. The number of amides is 1. The van der Waals surface area contributed by atoms with Gasteiger partial charge < -0.3 is 9.64 Å². The molecule has 0 radical (unpaired) electrons. The SMILES string of the molecule is COC(=O)C1CCN(C(=O)C2CCN(S(=O)(=O)Cc3ccc(Cl)cc3)CC2)CC1. The lowest BCUT2D eigenvalue weighted by molar-refractivity contribution is -0.149. The molecular weight excluding hydrogens is 416 g/mol. The summed E-state index contributed by atoms with van der Waals surface area (Å²) in [5.41, 5.74) is 0.695. The molecule has 7 nitrogen and oxygen atoms in total. The summed E-state index contributed by atoms with van der Waals surface area (Å²) in [5, 5.41) is 0.570. The van der Waals surface area contributed by atoms with Gasteiger partial charge in [0.05, 0.1) is 18.8 Å². The molecule has 0 saturated carbocycles. The van der Waals surface area contributed by atoms with Gasteiger partial charge in [-0.1, -0.05) is 23.7 Å². The Balaban J connectivity index is 1.50. The van der Waals surface area contributed by atoms with Crippen LogP contribution in [0.3, 0.4) is 0 Å². The van der Waals surface area contributed by atoms with Gasteiger partial charge in [-0.25, -0.2) is 12.7 Å². The van der Waals surface area contributed by atoms with Crippen LogP contribution >= 0.6 is 11.6 Å². The molecule has 1 amide bonds. The summed E-state index contributed by atoms with van der Waals surface area (Å²) in [6, 6.07) is 6.80. The molecule has 2 aliphatic rings. The maximum atomic E-state index is 12.8. The van der Waals surface area contributed by atoms with Gasteiger partial charge in [0.15, 0.2) is 0 Å². The lowest BCUT2D eigenvalue weighted by Gasteiger charge is -2.36. The number of likely N-dealkylation sites (tertiary alicyclic amines) is 1. The Labute approximate surface area is 177 Å². The molecule has 1 aromatic carbocycles. The lowest BCUT2D eigenvalue weighted by Crippen LogP contribution is -2.47. The molecule has 0 aromatic heterocycles. The van der Waals surface area contributed by atoms with E-state index in [4.69, 9.17) is 16.3 Å².